The lowest BCUT2D eigenvalue weighted by Gasteiger charge is -2.21. The number of anilines is 1. The van der Waals surface area contributed by atoms with E-state index in [0.29, 0.717) is 22.7 Å². The number of ether oxygens (including phenoxy) is 3. The zero-order chi connectivity index (χ0) is 20.8. The van der Waals surface area contributed by atoms with E-state index >= 15 is 0 Å². The van der Waals surface area contributed by atoms with Crippen molar-refractivity contribution in [2.24, 2.45) is 5.92 Å². The van der Waals surface area contributed by atoms with Gasteiger partial charge in [-0.25, -0.2) is 9.59 Å². The fourth-order valence-corrected chi connectivity index (χ4v) is 2.71. The highest BCUT2D eigenvalue weighted by molar-refractivity contribution is 5.99. The van der Waals surface area contributed by atoms with E-state index in [1.807, 2.05) is 6.07 Å². The van der Waals surface area contributed by atoms with Crippen LogP contribution in [0.3, 0.4) is 0 Å². The second-order valence-electron chi connectivity index (χ2n) is 6.79. The molecule has 0 aliphatic carbocycles. The van der Waals surface area contributed by atoms with Gasteiger partial charge in [-0.2, -0.15) is 0 Å². The standard InChI is InChI=1S/C21H22N2O6/c1-13(2)19(23-21(26)22-15-6-4-3-5-7-15)20(25)27-11-16(24)14-8-9-17-18(10-14)29-12-28-17/h3-10,13,19H,11-12H2,1-2H3,(H2,22,23,26)/t19-/m0/s1. The molecule has 8 nitrogen and oxygen atoms in total. The van der Waals surface area contributed by atoms with Gasteiger partial charge in [-0.1, -0.05) is 32.0 Å². The first kappa shape index (κ1) is 20.2. The molecule has 0 fully saturated rings. The van der Waals surface area contributed by atoms with Crippen LogP contribution in [0.5, 0.6) is 11.5 Å². The number of hydrogen-bond acceptors (Lipinski definition) is 6. The van der Waals surface area contributed by atoms with Crippen molar-refractivity contribution in [3.8, 4) is 11.5 Å². The number of nitrogens with one attached hydrogen (secondary N) is 2. The number of Topliss-reactive ketones (excluding diaryl/α,β-unsaturated/α-hetero) is 1. The average Bonchev–Trinajstić information content (AvgIpc) is 3.18. The first-order valence-electron chi connectivity index (χ1n) is 9.16. The number of esters is 1. The van der Waals surface area contributed by atoms with Crippen molar-refractivity contribution in [2.75, 3.05) is 18.7 Å². The van der Waals surface area contributed by atoms with E-state index in [1.165, 1.54) is 0 Å². The Bertz CT molecular complexity index is 897. The van der Waals surface area contributed by atoms with Crippen molar-refractivity contribution in [1.29, 1.82) is 0 Å². The van der Waals surface area contributed by atoms with Crippen LogP contribution in [0, 0.1) is 5.92 Å². The van der Waals surface area contributed by atoms with Gasteiger partial charge in [0, 0.05) is 11.3 Å². The largest absolute Gasteiger partial charge is 0.456 e. The quantitative estimate of drug-likeness (QED) is 0.549. The summed E-state index contributed by atoms with van der Waals surface area (Å²) in [6.45, 7) is 3.21. The Morgan fingerprint density at radius 3 is 2.48 bits per heavy atom. The monoisotopic (exact) mass is 398 g/mol. The molecule has 0 aromatic heterocycles. The zero-order valence-electron chi connectivity index (χ0n) is 16.1. The molecule has 2 aromatic rings. The van der Waals surface area contributed by atoms with Crippen LogP contribution in [0.25, 0.3) is 0 Å². The Kier molecular flexibility index (Phi) is 6.33. The lowest BCUT2D eigenvalue weighted by atomic mass is 10.0. The highest BCUT2D eigenvalue weighted by Crippen LogP contribution is 2.32. The highest BCUT2D eigenvalue weighted by atomic mass is 16.7. The maximum atomic E-state index is 12.4. The number of fused-ring (bicyclic) bond motifs is 1. The molecule has 1 aliphatic rings. The van der Waals surface area contributed by atoms with Crippen LogP contribution in [0.2, 0.25) is 0 Å². The van der Waals surface area contributed by atoms with Gasteiger partial charge in [0.1, 0.15) is 6.04 Å². The summed E-state index contributed by atoms with van der Waals surface area (Å²) in [6, 6.07) is 12.2. The normalized spacial score (nSPS) is 12.9. The third kappa shape index (κ3) is 5.25. The summed E-state index contributed by atoms with van der Waals surface area (Å²) in [4.78, 5) is 36.9. The molecule has 152 valence electrons. The van der Waals surface area contributed by atoms with Crippen molar-refractivity contribution < 1.29 is 28.6 Å². The smallest absolute Gasteiger partial charge is 0.329 e. The Hall–Kier alpha value is -3.55. The van der Waals surface area contributed by atoms with Crippen molar-refractivity contribution in [3.05, 3.63) is 54.1 Å². The second-order valence-corrected chi connectivity index (χ2v) is 6.79. The van der Waals surface area contributed by atoms with Crippen molar-refractivity contribution in [2.45, 2.75) is 19.9 Å². The van der Waals surface area contributed by atoms with Crippen LogP contribution in [0.15, 0.2) is 48.5 Å². The van der Waals surface area contributed by atoms with Gasteiger partial charge in [-0.3, -0.25) is 4.79 Å². The lowest BCUT2D eigenvalue weighted by molar-refractivity contribution is -0.145. The summed E-state index contributed by atoms with van der Waals surface area (Å²) in [5.74, 6) is -0.261. The molecule has 3 rings (SSSR count). The molecule has 2 amide bonds. The van der Waals surface area contributed by atoms with E-state index in [-0.39, 0.29) is 18.5 Å². The Morgan fingerprint density at radius 2 is 1.76 bits per heavy atom. The first-order valence-corrected chi connectivity index (χ1v) is 9.16. The van der Waals surface area contributed by atoms with E-state index in [4.69, 9.17) is 14.2 Å². The second kappa shape index (κ2) is 9.09. The molecular weight excluding hydrogens is 376 g/mol. The third-order valence-corrected chi connectivity index (χ3v) is 4.28. The lowest BCUT2D eigenvalue weighted by Crippen LogP contribution is -2.47. The topological polar surface area (TPSA) is 103 Å². The number of ketones is 1. The highest BCUT2D eigenvalue weighted by Gasteiger charge is 2.27. The average molecular weight is 398 g/mol. The maximum Gasteiger partial charge on any atom is 0.329 e. The van der Waals surface area contributed by atoms with E-state index in [9.17, 15) is 14.4 Å². The van der Waals surface area contributed by atoms with Gasteiger partial charge in [0.15, 0.2) is 23.9 Å². The predicted octanol–water partition coefficient (Wildman–Crippen LogP) is 2.99. The number of carbonyl (C=O) groups excluding carboxylic acids is 3. The molecule has 0 saturated carbocycles. The maximum absolute atomic E-state index is 12.4. The Balaban J connectivity index is 1.55. The molecule has 0 radical (unpaired) electrons. The van der Waals surface area contributed by atoms with Gasteiger partial charge in [-0.15, -0.1) is 0 Å². The minimum atomic E-state index is -0.900. The van der Waals surface area contributed by atoms with Gasteiger partial charge in [0.05, 0.1) is 0 Å². The van der Waals surface area contributed by atoms with E-state index < -0.39 is 24.6 Å². The fraction of sp³-hybridized carbons (Fsp3) is 0.286. The summed E-state index contributed by atoms with van der Waals surface area (Å²) < 4.78 is 15.6. The van der Waals surface area contributed by atoms with Gasteiger partial charge in [0.2, 0.25) is 6.79 Å². The van der Waals surface area contributed by atoms with E-state index in [0.717, 1.165) is 0 Å². The van der Waals surface area contributed by atoms with E-state index in [2.05, 4.69) is 10.6 Å². The molecule has 0 spiro atoms. The first-order chi connectivity index (χ1) is 13.9. The van der Waals surface area contributed by atoms with Gasteiger partial charge >= 0.3 is 12.0 Å². The number of para-hydroxylation sites is 1. The predicted molar refractivity (Wildman–Crippen MR) is 105 cm³/mol. The van der Waals surface area contributed by atoms with Crippen LogP contribution in [-0.4, -0.2) is 37.2 Å². The summed E-state index contributed by atoms with van der Waals surface area (Å²) in [7, 11) is 0. The van der Waals surface area contributed by atoms with Gasteiger partial charge < -0.3 is 24.8 Å². The Labute approximate surface area is 168 Å². The minimum absolute atomic E-state index is 0.106. The molecule has 8 heteroatoms. The van der Waals surface area contributed by atoms with Crippen LogP contribution >= 0.6 is 0 Å². The van der Waals surface area contributed by atoms with Gasteiger partial charge in [0.25, 0.3) is 0 Å². The number of urea groups is 1. The van der Waals surface area contributed by atoms with Crippen LogP contribution in [-0.2, 0) is 9.53 Å². The zero-order valence-corrected chi connectivity index (χ0v) is 16.1. The third-order valence-electron chi connectivity index (χ3n) is 4.28. The molecule has 0 unspecified atom stereocenters. The molecule has 2 aromatic carbocycles. The Morgan fingerprint density at radius 1 is 1.03 bits per heavy atom. The number of rotatable bonds is 7. The fourth-order valence-electron chi connectivity index (χ4n) is 2.71. The van der Waals surface area contributed by atoms with Gasteiger partial charge in [-0.05, 0) is 36.2 Å². The molecule has 0 saturated heterocycles. The van der Waals surface area contributed by atoms with Crippen LogP contribution in [0.4, 0.5) is 10.5 Å². The summed E-state index contributed by atoms with van der Waals surface area (Å²) in [5.41, 5.74) is 0.941. The van der Waals surface area contributed by atoms with Crippen LogP contribution in [0.1, 0.15) is 24.2 Å². The molecule has 2 N–H and O–H groups in total. The molecular formula is C21H22N2O6. The summed E-state index contributed by atoms with van der Waals surface area (Å²) in [5, 5.41) is 5.24. The van der Waals surface area contributed by atoms with Crippen LogP contribution < -0.4 is 20.1 Å². The number of amides is 2. The minimum Gasteiger partial charge on any atom is -0.456 e. The van der Waals surface area contributed by atoms with Crippen molar-refractivity contribution >= 4 is 23.5 Å². The molecule has 1 atom stereocenters. The molecule has 0 bridgehead atoms. The summed E-state index contributed by atoms with van der Waals surface area (Å²) in [6.07, 6.45) is 0. The molecule has 29 heavy (non-hydrogen) atoms. The molecule has 1 aliphatic heterocycles. The number of hydrogen-bond donors (Lipinski definition) is 2. The van der Waals surface area contributed by atoms with Crippen molar-refractivity contribution in [3.63, 3.8) is 0 Å². The molecule has 1 heterocycles. The van der Waals surface area contributed by atoms with Crippen molar-refractivity contribution in [1.82, 2.24) is 5.32 Å². The summed E-state index contributed by atoms with van der Waals surface area (Å²) >= 11 is 0. The van der Waals surface area contributed by atoms with E-state index in [1.54, 1.807) is 56.3 Å². The number of benzene rings is 2. The SMILES string of the molecule is CC(C)[C@H](NC(=O)Nc1ccccc1)C(=O)OCC(=O)c1ccc2c(c1)OCO2. The number of carbonyl (C=O) groups is 3.